The smallest absolute Gasteiger partial charge is 0.115 e. The first-order valence-corrected chi connectivity index (χ1v) is 7.77. The number of fused-ring (bicyclic) bond motifs is 1. The van der Waals surface area contributed by atoms with E-state index in [1.54, 1.807) is 0 Å². The van der Waals surface area contributed by atoms with Gasteiger partial charge in [-0.05, 0) is 61.4 Å². The second kappa shape index (κ2) is 5.74. The number of nitrogens with zero attached hydrogens (tertiary/aromatic N) is 1. The average molecular weight is 275 g/mol. The number of phenols is 1. The van der Waals surface area contributed by atoms with Gasteiger partial charge in [-0.3, -0.25) is 4.90 Å². The molecule has 1 fully saturated rings. The highest BCUT2D eigenvalue weighted by Gasteiger charge is 2.32. The lowest BCUT2D eigenvalue weighted by atomic mass is 9.84. The van der Waals surface area contributed by atoms with E-state index >= 15 is 0 Å². The zero-order valence-electron chi connectivity index (χ0n) is 12.5. The van der Waals surface area contributed by atoms with Crippen molar-refractivity contribution in [2.75, 3.05) is 20.2 Å². The first-order chi connectivity index (χ1) is 9.69. The lowest BCUT2D eigenvalue weighted by Gasteiger charge is -2.42. The molecule has 1 aromatic rings. The molecule has 1 heterocycles. The van der Waals surface area contributed by atoms with Gasteiger partial charge in [0.05, 0.1) is 6.10 Å². The third-order valence-corrected chi connectivity index (χ3v) is 5.07. The summed E-state index contributed by atoms with van der Waals surface area (Å²) in [6.45, 7) is 4.48. The van der Waals surface area contributed by atoms with Crippen LogP contribution in [0.25, 0.3) is 0 Å². The molecule has 3 heteroatoms. The van der Waals surface area contributed by atoms with E-state index in [0.717, 1.165) is 19.5 Å². The molecular weight excluding hydrogens is 250 g/mol. The number of aryl methyl sites for hydroxylation is 1. The van der Waals surface area contributed by atoms with Gasteiger partial charge in [0.1, 0.15) is 5.75 Å². The van der Waals surface area contributed by atoms with E-state index in [1.165, 1.54) is 30.4 Å². The average Bonchev–Trinajstić information content (AvgIpc) is 2.47. The Morgan fingerprint density at radius 2 is 2.15 bits per heavy atom. The second-order valence-electron chi connectivity index (χ2n) is 6.33. The van der Waals surface area contributed by atoms with Crippen LogP contribution in [0.1, 0.15) is 43.4 Å². The number of methoxy groups -OCH3 is 1. The highest BCUT2D eigenvalue weighted by molar-refractivity contribution is 5.38. The maximum Gasteiger partial charge on any atom is 0.115 e. The summed E-state index contributed by atoms with van der Waals surface area (Å²) in [4.78, 5) is 2.59. The van der Waals surface area contributed by atoms with Crippen molar-refractivity contribution in [3.63, 3.8) is 0 Å². The van der Waals surface area contributed by atoms with Crippen molar-refractivity contribution in [3.8, 4) is 5.75 Å². The summed E-state index contributed by atoms with van der Waals surface area (Å²) in [5.41, 5.74) is 2.74. The fourth-order valence-electron chi connectivity index (χ4n) is 3.80. The fraction of sp³-hybridized carbons (Fsp3) is 0.647. The minimum Gasteiger partial charge on any atom is -0.508 e. The summed E-state index contributed by atoms with van der Waals surface area (Å²) in [6, 6.07) is 6.40. The van der Waals surface area contributed by atoms with E-state index in [9.17, 15) is 5.11 Å². The molecule has 0 amide bonds. The van der Waals surface area contributed by atoms with E-state index in [0.29, 0.717) is 23.8 Å². The van der Waals surface area contributed by atoms with Crippen molar-refractivity contribution in [1.82, 2.24) is 4.90 Å². The molecule has 0 bridgehead atoms. The van der Waals surface area contributed by atoms with Crippen LogP contribution in [0, 0.1) is 5.92 Å². The van der Waals surface area contributed by atoms with Gasteiger partial charge in [-0.25, -0.2) is 0 Å². The van der Waals surface area contributed by atoms with E-state index in [2.05, 4.69) is 17.9 Å². The van der Waals surface area contributed by atoms with Gasteiger partial charge >= 0.3 is 0 Å². The molecule has 0 saturated carbocycles. The van der Waals surface area contributed by atoms with Crippen LogP contribution in [0.4, 0.5) is 0 Å². The number of aromatic hydroxyl groups is 1. The van der Waals surface area contributed by atoms with Gasteiger partial charge in [0, 0.05) is 19.7 Å². The quantitative estimate of drug-likeness (QED) is 0.900. The number of piperidine rings is 1. The van der Waals surface area contributed by atoms with E-state index < -0.39 is 0 Å². The van der Waals surface area contributed by atoms with Gasteiger partial charge in [-0.2, -0.15) is 0 Å². The molecular formula is C17H25NO2. The van der Waals surface area contributed by atoms with Crippen molar-refractivity contribution in [2.24, 2.45) is 5.92 Å². The van der Waals surface area contributed by atoms with Gasteiger partial charge in [0.25, 0.3) is 0 Å². The van der Waals surface area contributed by atoms with Crippen LogP contribution in [0.2, 0.25) is 0 Å². The summed E-state index contributed by atoms with van der Waals surface area (Å²) < 4.78 is 5.65. The van der Waals surface area contributed by atoms with Gasteiger partial charge in [0.15, 0.2) is 0 Å². The molecule has 3 nitrogen and oxygen atoms in total. The number of rotatable bonds is 2. The van der Waals surface area contributed by atoms with Gasteiger partial charge in [-0.15, -0.1) is 0 Å². The first kappa shape index (κ1) is 13.9. The summed E-state index contributed by atoms with van der Waals surface area (Å²) >= 11 is 0. The summed E-state index contributed by atoms with van der Waals surface area (Å²) in [6.07, 6.45) is 5.10. The number of benzene rings is 1. The number of ether oxygens (including phenoxy) is 1. The Hall–Kier alpha value is -1.06. The molecule has 1 saturated heterocycles. The molecule has 1 aliphatic carbocycles. The zero-order valence-corrected chi connectivity index (χ0v) is 12.5. The third-order valence-electron chi connectivity index (χ3n) is 5.07. The molecule has 2 aliphatic rings. The molecule has 0 spiro atoms. The Labute approximate surface area is 121 Å². The summed E-state index contributed by atoms with van der Waals surface area (Å²) in [5, 5.41) is 9.67. The third kappa shape index (κ3) is 2.57. The minimum atomic E-state index is 0.353. The van der Waals surface area contributed by atoms with Crippen LogP contribution in [0.3, 0.4) is 0 Å². The van der Waals surface area contributed by atoms with Crippen LogP contribution in [0.5, 0.6) is 5.75 Å². The second-order valence-corrected chi connectivity index (χ2v) is 6.33. The van der Waals surface area contributed by atoms with Gasteiger partial charge in [-0.1, -0.05) is 13.0 Å². The highest BCUT2D eigenvalue weighted by Crippen LogP contribution is 2.38. The van der Waals surface area contributed by atoms with Crippen molar-refractivity contribution in [1.29, 1.82) is 0 Å². The SMILES string of the molecule is COC1CN(C2CCCc3cc(O)ccc32)CCC1C. The van der Waals surface area contributed by atoms with Gasteiger partial charge < -0.3 is 9.84 Å². The number of hydrogen-bond acceptors (Lipinski definition) is 3. The first-order valence-electron chi connectivity index (χ1n) is 7.77. The molecule has 3 atom stereocenters. The Morgan fingerprint density at radius 1 is 1.30 bits per heavy atom. The maximum absolute atomic E-state index is 9.67. The molecule has 20 heavy (non-hydrogen) atoms. The van der Waals surface area contributed by atoms with Crippen molar-refractivity contribution >= 4 is 0 Å². The Kier molecular flexibility index (Phi) is 3.99. The fourth-order valence-corrected chi connectivity index (χ4v) is 3.80. The Morgan fingerprint density at radius 3 is 2.95 bits per heavy atom. The molecule has 0 aromatic heterocycles. The predicted octanol–water partition coefficient (Wildman–Crippen LogP) is 3.13. The molecule has 3 rings (SSSR count). The lowest BCUT2D eigenvalue weighted by molar-refractivity contribution is -0.0219. The molecule has 1 aromatic carbocycles. The maximum atomic E-state index is 9.67. The van der Waals surface area contributed by atoms with E-state index in [1.807, 2.05) is 19.2 Å². The van der Waals surface area contributed by atoms with Crippen LogP contribution >= 0.6 is 0 Å². The molecule has 0 radical (unpaired) electrons. The molecule has 1 N–H and O–H groups in total. The predicted molar refractivity (Wildman–Crippen MR) is 79.9 cm³/mol. The van der Waals surface area contributed by atoms with E-state index in [4.69, 9.17) is 4.74 Å². The number of hydrogen-bond donors (Lipinski definition) is 1. The monoisotopic (exact) mass is 275 g/mol. The number of phenolic OH excluding ortho intramolecular Hbond substituents is 1. The van der Waals surface area contributed by atoms with Crippen LogP contribution in [0.15, 0.2) is 18.2 Å². The lowest BCUT2D eigenvalue weighted by Crippen LogP contribution is -2.46. The van der Waals surface area contributed by atoms with Crippen LogP contribution in [-0.2, 0) is 11.2 Å². The van der Waals surface area contributed by atoms with Crippen LogP contribution < -0.4 is 0 Å². The van der Waals surface area contributed by atoms with Gasteiger partial charge in [0.2, 0.25) is 0 Å². The summed E-state index contributed by atoms with van der Waals surface area (Å²) in [7, 11) is 1.83. The van der Waals surface area contributed by atoms with Crippen molar-refractivity contribution in [3.05, 3.63) is 29.3 Å². The topological polar surface area (TPSA) is 32.7 Å². The highest BCUT2D eigenvalue weighted by atomic mass is 16.5. The standard InChI is InChI=1S/C17H25NO2/c1-12-8-9-18(11-17(12)20-2)16-5-3-4-13-10-14(19)6-7-15(13)16/h6-7,10,12,16-17,19H,3-5,8-9,11H2,1-2H3. The van der Waals surface area contributed by atoms with Crippen LogP contribution in [-0.4, -0.2) is 36.3 Å². The Bertz CT molecular complexity index is 474. The molecule has 1 aliphatic heterocycles. The number of likely N-dealkylation sites (tertiary alicyclic amines) is 1. The van der Waals surface area contributed by atoms with Crippen molar-refractivity contribution in [2.45, 2.75) is 44.8 Å². The zero-order chi connectivity index (χ0) is 14.1. The molecule has 3 unspecified atom stereocenters. The summed E-state index contributed by atoms with van der Waals surface area (Å²) in [5.74, 6) is 1.05. The molecule has 110 valence electrons. The minimum absolute atomic E-state index is 0.353. The Balaban J connectivity index is 1.82. The largest absolute Gasteiger partial charge is 0.508 e. The van der Waals surface area contributed by atoms with Crippen molar-refractivity contribution < 1.29 is 9.84 Å². The van der Waals surface area contributed by atoms with E-state index in [-0.39, 0.29) is 0 Å². The normalized spacial score (nSPS) is 31.0.